The molecule has 1 saturated heterocycles. The molecule has 0 saturated carbocycles. The molecule has 2 atom stereocenters. The number of carbonyl (C=O) groups excluding carboxylic acids is 1. The van der Waals surface area contributed by atoms with Crippen molar-refractivity contribution in [3.05, 3.63) is 0 Å². The van der Waals surface area contributed by atoms with E-state index in [4.69, 9.17) is 4.74 Å². The fraction of sp³-hybridized carbons (Fsp3) is 0.909. The minimum Gasteiger partial charge on any atom is -0.369 e. The fourth-order valence-electron chi connectivity index (χ4n) is 1.99. The predicted octanol–water partition coefficient (Wildman–Crippen LogP) is 1.67. The zero-order valence-corrected chi connectivity index (χ0v) is 9.62. The van der Waals surface area contributed by atoms with Gasteiger partial charge >= 0.3 is 0 Å². The van der Waals surface area contributed by atoms with E-state index in [9.17, 15) is 4.79 Å². The van der Waals surface area contributed by atoms with E-state index in [1.165, 1.54) is 0 Å². The van der Waals surface area contributed by atoms with Gasteiger partial charge in [0.15, 0.2) is 0 Å². The quantitative estimate of drug-likeness (QED) is 0.692. The summed E-state index contributed by atoms with van der Waals surface area (Å²) in [6.45, 7) is 9.42. The number of hydrogen-bond donors (Lipinski definition) is 0. The normalized spacial score (nSPS) is 25.6. The molecular weight excluding hydrogens is 178 g/mol. The van der Waals surface area contributed by atoms with Gasteiger partial charge in [-0.3, -0.25) is 4.79 Å². The lowest BCUT2D eigenvalue weighted by molar-refractivity contribution is -0.153. The van der Waals surface area contributed by atoms with Crippen LogP contribution in [0.15, 0.2) is 0 Å². The van der Waals surface area contributed by atoms with Crippen molar-refractivity contribution in [3.63, 3.8) is 0 Å². The summed E-state index contributed by atoms with van der Waals surface area (Å²) in [5.74, 6) is 0.651. The van der Waals surface area contributed by atoms with Gasteiger partial charge in [0.05, 0.1) is 12.6 Å². The number of nitrogens with zero attached hydrogens (tertiary/aromatic N) is 1. The molecular formula is C11H21NO2. The maximum absolute atomic E-state index is 11.7. The van der Waals surface area contributed by atoms with Gasteiger partial charge in [0.25, 0.3) is 0 Å². The predicted molar refractivity (Wildman–Crippen MR) is 56.0 cm³/mol. The zero-order valence-electron chi connectivity index (χ0n) is 9.62. The smallest absolute Gasteiger partial charge is 0.249 e. The summed E-state index contributed by atoms with van der Waals surface area (Å²) < 4.78 is 5.31. The highest BCUT2D eigenvalue weighted by Gasteiger charge is 2.33. The first-order valence-corrected chi connectivity index (χ1v) is 5.46. The third kappa shape index (κ3) is 2.27. The number of amides is 1. The van der Waals surface area contributed by atoms with Crippen molar-refractivity contribution in [2.45, 2.75) is 46.2 Å². The molecule has 0 aromatic carbocycles. The van der Waals surface area contributed by atoms with Crippen molar-refractivity contribution in [2.75, 3.05) is 13.2 Å². The summed E-state index contributed by atoms with van der Waals surface area (Å²) in [7, 11) is 0. The Bertz CT molecular complexity index is 203. The molecule has 14 heavy (non-hydrogen) atoms. The van der Waals surface area contributed by atoms with Gasteiger partial charge in [-0.2, -0.15) is 0 Å². The van der Waals surface area contributed by atoms with E-state index >= 15 is 0 Å². The standard InChI is InChI=1S/C11H21NO2/c1-5-9(4)10-6-14-7-11(13)12(10)8(2)3/h8-10H,5-7H2,1-4H3/t9?,10-/m0/s1. The molecule has 1 heterocycles. The Hall–Kier alpha value is -0.570. The second-order valence-corrected chi connectivity index (χ2v) is 4.36. The van der Waals surface area contributed by atoms with Gasteiger partial charge in [-0.15, -0.1) is 0 Å². The minimum atomic E-state index is 0.136. The van der Waals surface area contributed by atoms with E-state index in [2.05, 4.69) is 27.7 Å². The summed E-state index contributed by atoms with van der Waals surface area (Å²) in [5, 5.41) is 0. The molecule has 1 aliphatic heterocycles. The topological polar surface area (TPSA) is 29.5 Å². The maximum atomic E-state index is 11.7. The van der Waals surface area contributed by atoms with E-state index in [1.54, 1.807) is 0 Å². The molecule has 1 unspecified atom stereocenters. The van der Waals surface area contributed by atoms with E-state index in [1.807, 2.05) is 4.90 Å². The first-order valence-electron chi connectivity index (χ1n) is 5.46. The molecule has 0 spiro atoms. The fourth-order valence-corrected chi connectivity index (χ4v) is 1.99. The van der Waals surface area contributed by atoms with E-state index in [0.29, 0.717) is 12.5 Å². The van der Waals surface area contributed by atoms with E-state index < -0.39 is 0 Å². The van der Waals surface area contributed by atoms with Crippen LogP contribution in [0.4, 0.5) is 0 Å². The summed E-state index contributed by atoms with van der Waals surface area (Å²) in [5.41, 5.74) is 0. The van der Waals surface area contributed by atoms with Crippen LogP contribution in [0.3, 0.4) is 0 Å². The SMILES string of the molecule is CCC(C)[C@@H]1COCC(=O)N1C(C)C. The Labute approximate surface area is 86.4 Å². The second kappa shape index (κ2) is 4.78. The van der Waals surface area contributed by atoms with Gasteiger partial charge < -0.3 is 9.64 Å². The van der Waals surface area contributed by atoms with Gasteiger partial charge in [0.1, 0.15) is 6.61 Å². The van der Waals surface area contributed by atoms with Gasteiger partial charge in [-0.05, 0) is 19.8 Å². The average molecular weight is 199 g/mol. The number of morpholine rings is 1. The molecule has 3 heteroatoms. The number of rotatable bonds is 3. The Morgan fingerprint density at radius 1 is 1.50 bits per heavy atom. The molecule has 0 aromatic heterocycles. The van der Waals surface area contributed by atoms with Gasteiger partial charge in [-0.25, -0.2) is 0 Å². The van der Waals surface area contributed by atoms with Crippen LogP contribution < -0.4 is 0 Å². The van der Waals surface area contributed by atoms with Crippen LogP contribution in [0.1, 0.15) is 34.1 Å². The average Bonchev–Trinajstić information content (AvgIpc) is 2.15. The van der Waals surface area contributed by atoms with Crippen LogP contribution in [0.5, 0.6) is 0 Å². The highest BCUT2D eigenvalue weighted by atomic mass is 16.5. The summed E-state index contributed by atoms with van der Waals surface area (Å²) in [6, 6.07) is 0.548. The number of carbonyl (C=O) groups is 1. The maximum Gasteiger partial charge on any atom is 0.249 e. The first kappa shape index (κ1) is 11.5. The molecule has 0 bridgehead atoms. The second-order valence-electron chi connectivity index (χ2n) is 4.36. The summed E-state index contributed by atoms with van der Waals surface area (Å²) in [6.07, 6.45) is 1.09. The van der Waals surface area contributed by atoms with Crippen molar-refractivity contribution >= 4 is 5.91 Å². The third-order valence-corrected chi connectivity index (χ3v) is 3.02. The van der Waals surface area contributed by atoms with Crippen LogP contribution in [0.2, 0.25) is 0 Å². The molecule has 3 nitrogen and oxygen atoms in total. The zero-order chi connectivity index (χ0) is 10.7. The Balaban J connectivity index is 2.74. The van der Waals surface area contributed by atoms with Crippen LogP contribution in [0, 0.1) is 5.92 Å². The Kier molecular flexibility index (Phi) is 3.93. The third-order valence-electron chi connectivity index (χ3n) is 3.02. The highest BCUT2D eigenvalue weighted by molar-refractivity contribution is 5.78. The van der Waals surface area contributed by atoms with Crippen LogP contribution in [0.25, 0.3) is 0 Å². The largest absolute Gasteiger partial charge is 0.369 e. The van der Waals surface area contributed by atoms with Crippen molar-refractivity contribution in [1.82, 2.24) is 4.90 Å². The van der Waals surface area contributed by atoms with Gasteiger partial charge in [0.2, 0.25) is 5.91 Å². The van der Waals surface area contributed by atoms with E-state index in [-0.39, 0.29) is 24.6 Å². The summed E-state index contributed by atoms with van der Waals surface area (Å²) in [4.78, 5) is 13.7. The monoisotopic (exact) mass is 199 g/mol. The molecule has 0 aromatic rings. The molecule has 0 radical (unpaired) electrons. The van der Waals surface area contributed by atoms with Crippen LogP contribution >= 0.6 is 0 Å². The highest BCUT2D eigenvalue weighted by Crippen LogP contribution is 2.21. The molecule has 0 N–H and O–H groups in total. The van der Waals surface area contributed by atoms with Gasteiger partial charge in [0, 0.05) is 6.04 Å². The lowest BCUT2D eigenvalue weighted by Crippen LogP contribution is -2.55. The van der Waals surface area contributed by atoms with Crippen molar-refractivity contribution in [1.29, 1.82) is 0 Å². The lowest BCUT2D eigenvalue weighted by Gasteiger charge is -2.41. The summed E-state index contributed by atoms with van der Waals surface area (Å²) >= 11 is 0. The number of hydrogen-bond acceptors (Lipinski definition) is 2. The molecule has 1 aliphatic rings. The Morgan fingerprint density at radius 2 is 2.14 bits per heavy atom. The molecule has 1 fully saturated rings. The first-order chi connectivity index (χ1) is 6.57. The van der Waals surface area contributed by atoms with Crippen LogP contribution in [-0.2, 0) is 9.53 Å². The molecule has 82 valence electrons. The molecule has 0 aliphatic carbocycles. The van der Waals surface area contributed by atoms with Crippen molar-refractivity contribution < 1.29 is 9.53 Å². The number of ether oxygens (including phenoxy) is 1. The lowest BCUT2D eigenvalue weighted by atomic mass is 9.96. The van der Waals surface area contributed by atoms with Gasteiger partial charge in [-0.1, -0.05) is 20.3 Å². The van der Waals surface area contributed by atoms with Crippen molar-refractivity contribution in [2.24, 2.45) is 5.92 Å². The molecule has 1 amide bonds. The van der Waals surface area contributed by atoms with E-state index in [0.717, 1.165) is 6.42 Å². The van der Waals surface area contributed by atoms with Crippen LogP contribution in [-0.4, -0.2) is 36.1 Å². The van der Waals surface area contributed by atoms with Crippen molar-refractivity contribution in [3.8, 4) is 0 Å². The molecule has 1 rings (SSSR count). The Morgan fingerprint density at radius 3 is 2.64 bits per heavy atom. The minimum absolute atomic E-state index is 0.136.